The molecule has 1 saturated heterocycles. The summed E-state index contributed by atoms with van der Waals surface area (Å²) in [6, 6.07) is 10.0. The van der Waals surface area contributed by atoms with Gasteiger partial charge in [0.25, 0.3) is 0 Å². The van der Waals surface area contributed by atoms with Crippen molar-refractivity contribution in [3.63, 3.8) is 0 Å². The number of benzene rings is 1. The molecule has 3 rings (SSSR count). The molecule has 1 atom stereocenters. The SMILES string of the molecule is COCC(C)N(C)C(=O)C1CCN(Cc2coc(-c3ccccc3)n2)CC1. The van der Waals surface area contributed by atoms with E-state index in [-0.39, 0.29) is 17.9 Å². The first-order chi connectivity index (χ1) is 13.1. The molecule has 1 fully saturated rings. The monoisotopic (exact) mass is 371 g/mol. The highest BCUT2D eigenvalue weighted by molar-refractivity contribution is 5.79. The standard InChI is InChI=1S/C21H29N3O3/c1-16(14-26-3)23(2)21(25)18-9-11-24(12-10-18)13-19-15-27-20(22-19)17-7-5-4-6-8-17/h4-8,15-16,18H,9-14H2,1-3H3. The predicted octanol–water partition coefficient (Wildman–Crippen LogP) is 3.05. The lowest BCUT2D eigenvalue weighted by molar-refractivity contribution is -0.138. The number of carbonyl (C=O) groups excluding carboxylic acids is 1. The molecule has 1 amide bonds. The van der Waals surface area contributed by atoms with Crippen molar-refractivity contribution in [2.75, 3.05) is 33.9 Å². The zero-order valence-corrected chi connectivity index (χ0v) is 16.4. The fraction of sp³-hybridized carbons (Fsp3) is 0.524. The van der Waals surface area contributed by atoms with Gasteiger partial charge in [0.2, 0.25) is 11.8 Å². The molecule has 2 aromatic rings. The number of amides is 1. The number of likely N-dealkylation sites (N-methyl/N-ethyl adjacent to an activating group) is 1. The highest BCUT2D eigenvalue weighted by Crippen LogP contribution is 2.23. The first-order valence-corrected chi connectivity index (χ1v) is 9.56. The van der Waals surface area contributed by atoms with Crippen molar-refractivity contribution in [3.05, 3.63) is 42.3 Å². The minimum Gasteiger partial charge on any atom is -0.444 e. The Morgan fingerprint density at radius 2 is 2.04 bits per heavy atom. The molecular weight excluding hydrogens is 342 g/mol. The maximum Gasteiger partial charge on any atom is 0.226 e. The third kappa shape index (κ3) is 4.96. The Kier molecular flexibility index (Phi) is 6.63. The molecule has 0 radical (unpaired) electrons. The van der Waals surface area contributed by atoms with Gasteiger partial charge >= 0.3 is 0 Å². The maximum atomic E-state index is 12.7. The van der Waals surface area contributed by atoms with Crippen LogP contribution in [0, 0.1) is 5.92 Å². The van der Waals surface area contributed by atoms with Crippen molar-refractivity contribution >= 4 is 5.91 Å². The second kappa shape index (κ2) is 9.15. The number of aromatic nitrogens is 1. The Morgan fingerprint density at radius 1 is 1.33 bits per heavy atom. The van der Waals surface area contributed by atoms with E-state index in [2.05, 4.69) is 9.88 Å². The summed E-state index contributed by atoms with van der Waals surface area (Å²) >= 11 is 0. The van der Waals surface area contributed by atoms with Crippen LogP contribution in [0.3, 0.4) is 0 Å². The molecule has 2 heterocycles. The van der Waals surface area contributed by atoms with Crippen LogP contribution in [-0.4, -0.2) is 60.6 Å². The maximum absolute atomic E-state index is 12.7. The van der Waals surface area contributed by atoms with E-state index in [1.54, 1.807) is 13.4 Å². The number of hydrogen-bond acceptors (Lipinski definition) is 5. The smallest absolute Gasteiger partial charge is 0.226 e. The zero-order chi connectivity index (χ0) is 19.2. The van der Waals surface area contributed by atoms with E-state index in [9.17, 15) is 4.79 Å². The van der Waals surface area contributed by atoms with E-state index in [1.165, 1.54) is 0 Å². The summed E-state index contributed by atoms with van der Waals surface area (Å²) in [5.74, 6) is 0.985. The van der Waals surface area contributed by atoms with E-state index in [1.807, 2.05) is 49.2 Å². The van der Waals surface area contributed by atoms with Gasteiger partial charge in [0.1, 0.15) is 6.26 Å². The van der Waals surface area contributed by atoms with Gasteiger partial charge < -0.3 is 14.1 Å². The van der Waals surface area contributed by atoms with Gasteiger partial charge in [-0.05, 0) is 45.0 Å². The van der Waals surface area contributed by atoms with Crippen LogP contribution >= 0.6 is 0 Å². The summed E-state index contributed by atoms with van der Waals surface area (Å²) < 4.78 is 10.8. The Hall–Kier alpha value is -2.18. The molecule has 6 nitrogen and oxygen atoms in total. The summed E-state index contributed by atoms with van der Waals surface area (Å²) in [6.07, 6.45) is 3.50. The van der Waals surface area contributed by atoms with Crippen LogP contribution in [0.25, 0.3) is 11.5 Å². The van der Waals surface area contributed by atoms with Gasteiger partial charge in [0, 0.05) is 32.2 Å². The average molecular weight is 371 g/mol. The molecule has 0 N–H and O–H groups in total. The zero-order valence-electron chi connectivity index (χ0n) is 16.4. The van der Waals surface area contributed by atoms with E-state index in [0.717, 1.165) is 43.7 Å². The van der Waals surface area contributed by atoms with E-state index >= 15 is 0 Å². The van der Waals surface area contributed by atoms with Gasteiger partial charge in [-0.15, -0.1) is 0 Å². The minimum atomic E-state index is 0.0998. The lowest BCUT2D eigenvalue weighted by atomic mass is 9.95. The first kappa shape index (κ1) is 19.6. The van der Waals surface area contributed by atoms with Crippen LogP contribution < -0.4 is 0 Å². The number of ether oxygens (including phenoxy) is 1. The Labute approximate surface area is 161 Å². The minimum absolute atomic E-state index is 0.0998. The predicted molar refractivity (Wildman–Crippen MR) is 104 cm³/mol. The van der Waals surface area contributed by atoms with Gasteiger partial charge in [-0.1, -0.05) is 18.2 Å². The Balaban J connectivity index is 1.50. The number of likely N-dealkylation sites (tertiary alicyclic amines) is 1. The second-order valence-corrected chi connectivity index (χ2v) is 7.31. The van der Waals surface area contributed by atoms with Crippen LogP contribution in [0.4, 0.5) is 0 Å². The molecule has 1 unspecified atom stereocenters. The molecule has 27 heavy (non-hydrogen) atoms. The molecule has 0 aliphatic carbocycles. The van der Waals surface area contributed by atoms with Gasteiger partial charge in [-0.25, -0.2) is 4.98 Å². The fourth-order valence-electron chi connectivity index (χ4n) is 3.52. The van der Waals surface area contributed by atoms with Gasteiger partial charge in [-0.3, -0.25) is 9.69 Å². The van der Waals surface area contributed by atoms with Crippen molar-refractivity contribution < 1.29 is 13.9 Å². The van der Waals surface area contributed by atoms with Crippen LogP contribution in [0.1, 0.15) is 25.5 Å². The summed E-state index contributed by atoms with van der Waals surface area (Å²) in [6.45, 7) is 5.14. The molecule has 146 valence electrons. The molecule has 6 heteroatoms. The summed E-state index contributed by atoms with van der Waals surface area (Å²) in [5, 5.41) is 0. The van der Waals surface area contributed by atoms with Crippen molar-refractivity contribution in [2.45, 2.75) is 32.4 Å². The fourth-order valence-corrected chi connectivity index (χ4v) is 3.52. The third-order valence-electron chi connectivity index (χ3n) is 5.31. The molecule has 0 saturated carbocycles. The van der Waals surface area contributed by atoms with Crippen molar-refractivity contribution in [1.29, 1.82) is 0 Å². The molecule has 1 aliphatic rings. The van der Waals surface area contributed by atoms with Crippen molar-refractivity contribution in [2.24, 2.45) is 5.92 Å². The summed E-state index contributed by atoms with van der Waals surface area (Å²) in [5.41, 5.74) is 1.92. The number of oxazole rings is 1. The van der Waals surface area contributed by atoms with Gasteiger partial charge in [0.15, 0.2) is 0 Å². The van der Waals surface area contributed by atoms with Crippen LogP contribution in [0.2, 0.25) is 0 Å². The number of hydrogen-bond donors (Lipinski definition) is 0. The van der Waals surface area contributed by atoms with E-state index < -0.39 is 0 Å². The number of nitrogens with zero attached hydrogens (tertiary/aromatic N) is 3. The highest BCUT2D eigenvalue weighted by Gasteiger charge is 2.29. The van der Waals surface area contributed by atoms with Crippen molar-refractivity contribution in [1.82, 2.24) is 14.8 Å². The van der Waals surface area contributed by atoms with Crippen LogP contribution in [0.5, 0.6) is 0 Å². The lowest BCUT2D eigenvalue weighted by Crippen LogP contribution is -2.45. The van der Waals surface area contributed by atoms with Crippen LogP contribution in [0.15, 0.2) is 41.0 Å². The van der Waals surface area contributed by atoms with Crippen LogP contribution in [-0.2, 0) is 16.1 Å². The quantitative estimate of drug-likeness (QED) is 0.749. The normalized spacial score (nSPS) is 17.0. The van der Waals surface area contributed by atoms with Gasteiger partial charge in [0.05, 0.1) is 18.3 Å². The molecule has 1 aromatic carbocycles. The number of piperidine rings is 1. The van der Waals surface area contributed by atoms with E-state index in [4.69, 9.17) is 9.15 Å². The Morgan fingerprint density at radius 3 is 2.70 bits per heavy atom. The number of methoxy groups -OCH3 is 1. The summed E-state index contributed by atoms with van der Waals surface area (Å²) in [7, 11) is 3.54. The molecular formula is C21H29N3O3. The molecule has 0 spiro atoms. The highest BCUT2D eigenvalue weighted by atomic mass is 16.5. The number of carbonyl (C=O) groups is 1. The first-order valence-electron chi connectivity index (χ1n) is 9.56. The molecule has 1 aromatic heterocycles. The largest absolute Gasteiger partial charge is 0.444 e. The second-order valence-electron chi connectivity index (χ2n) is 7.31. The molecule has 1 aliphatic heterocycles. The van der Waals surface area contributed by atoms with Crippen molar-refractivity contribution in [3.8, 4) is 11.5 Å². The van der Waals surface area contributed by atoms with E-state index in [0.29, 0.717) is 12.5 Å². The Bertz CT molecular complexity index is 723. The molecule has 0 bridgehead atoms. The van der Waals surface area contributed by atoms with Gasteiger partial charge in [-0.2, -0.15) is 0 Å². The topological polar surface area (TPSA) is 58.8 Å². The summed E-state index contributed by atoms with van der Waals surface area (Å²) in [4.78, 5) is 21.4. The third-order valence-corrected chi connectivity index (χ3v) is 5.31. The lowest BCUT2D eigenvalue weighted by Gasteiger charge is -2.34. The average Bonchev–Trinajstić information content (AvgIpc) is 3.17. The number of rotatable bonds is 7.